The van der Waals surface area contributed by atoms with Crippen molar-refractivity contribution in [3.63, 3.8) is 0 Å². The van der Waals surface area contributed by atoms with Gasteiger partial charge in [0.25, 0.3) is 0 Å². The number of fused-ring (bicyclic) bond motifs is 1. The van der Waals surface area contributed by atoms with Crippen LogP contribution in [-0.2, 0) is 15.8 Å². The first-order chi connectivity index (χ1) is 14.4. The molecule has 168 valence electrons. The summed E-state index contributed by atoms with van der Waals surface area (Å²) < 4.78 is 55.5. The molecule has 0 fully saturated rings. The monoisotopic (exact) mass is 477 g/mol. The number of alkyl halides is 3. The molecule has 2 aromatic heterocycles. The van der Waals surface area contributed by atoms with Gasteiger partial charge in [0.1, 0.15) is 28.8 Å². The largest absolute Gasteiger partial charge is 0.508 e. The van der Waals surface area contributed by atoms with Crippen LogP contribution in [0, 0.1) is 0 Å². The fourth-order valence-corrected chi connectivity index (χ4v) is 4.68. The van der Waals surface area contributed by atoms with Gasteiger partial charge in [-0.15, -0.1) is 0 Å². The number of nitrogen functional groups attached to an aromatic ring is 1. The first-order valence-electron chi connectivity index (χ1n) is 8.86. The molecule has 0 saturated heterocycles. The van der Waals surface area contributed by atoms with Gasteiger partial charge in [0, 0.05) is 4.90 Å². The van der Waals surface area contributed by atoms with Crippen LogP contribution in [0.5, 0.6) is 5.75 Å². The lowest BCUT2D eigenvalue weighted by Gasteiger charge is -2.18. The number of nitrogens with zero attached hydrogens (tertiary/aromatic N) is 4. The van der Waals surface area contributed by atoms with Crippen LogP contribution in [0.25, 0.3) is 11.2 Å². The molecule has 0 aliphatic carbocycles. The van der Waals surface area contributed by atoms with Crippen molar-refractivity contribution in [1.29, 1.82) is 0 Å². The number of benzene rings is 1. The van der Waals surface area contributed by atoms with Crippen molar-refractivity contribution in [2.75, 3.05) is 18.2 Å². The van der Waals surface area contributed by atoms with Crippen LogP contribution in [-0.4, -0.2) is 54.3 Å². The van der Waals surface area contributed by atoms with Crippen molar-refractivity contribution in [2.24, 2.45) is 0 Å². The number of aromatic nitrogens is 4. The highest BCUT2D eigenvalue weighted by molar-refractivity contribution is 7.99. The second kappa shape index (κ2) is 9.03. The average molecular weight is 477 g/mol. The van der Waals surface area contributed by atoms with E-state index >= 15 is 0 Å². The number of aromatic hydroxyl groups is 1. The van der Waals surface area contributed by atoms with E-state index in [1.54, 1.807) is 23.6 Å². The zero-order valence-electron chi connectivity index (χ0n) is 16.2. The first-order valence-corrected chi connectivity index (χ1v) is 11.7. The van der Waals surface area contributed by atoms with Crippen LogP contribution in [0.3, 0.4) is 0 Å². The summed E-state index contributed by atoms with van der Waals surface area (Å²) in [6.45, 7) is 1.67. The number of nitrogens with two attached hydrogens (primary N) is 1. The highest BCUT2D eigenvalue weighted by Crippen LogP contribution is 2.45. The van der Waals surface area contributed by atoms with Crippen molar-refractivity contribution >= 4 is 36.2 Å². The van der Waals surface area contributed by atoms with Crippen molar-refractivity contribution in [3.8, 4) is 5.75 Å². The van der Waals surface area contributed by atoms with E-state index in [0.717, 1.165) is 4.90 Å². The Labute approximate surface area is 178 Å². The summed E-state index contributed by atoms with van der Waals surface area (Å²) >= 11 is 1.27. The lowest BCUT2D eigenvalue weighted by Crippen LogP contribution is -2.20. The van der Waals surface area contributed by atoms with Crippen molar-refractivity contribution < 1.29 is 32.5 Å². The van der Waals surface area contributed by atoms with Gasteiger partial charge in [-0.1, -0.05) is 11.8 Å². The van der Waals surface area contributed by atoms with Gasteiger partial charge in [-0.3, -0.25) is 4.57 Å². The topological polar surface area (TPSA) is 136 Å². The molecule has 2 heterocycles. The van der Waals surface area contributed by atoms with E-state index in [2.05, 4.69) is 15.0 Å². The molecular weight excluding hydrogens is 458 g/mol. The number of ether oxygens (including phenoxy) is 1. The van der Waals surface area contributed by atoms with Crippen molar-refractivity contribution in [3.05, 3.63) is 30.6 Å². The summed E-state index contributed by atoms with van der Waals surface area (Å²) in [4.78, 5) is 22.9. The number of imidazole rings is 1. The molecule has 14 heteroatoms. The van der Waals surface area contributed by atoms with E-state index in [-0.39, 0.29) is 18.2 Å². The predicted molar refractivity (Wildman–Crippen MR) is 108 cm³/mol. The third kappa shape index (κ3) is 6.57. The Balaban J connectivity index is 1.74. The molecule has 0 saturated carbocycles. The minimum atomic E-state index is -4.75. The molecule has 3 aromatic rings. The Morgan fingerprint density at radius 2 is 1.97 bits per heavy atom. The summed E-state index contributed by atoms with van der Waals surface area (Å²) in [6, 6.07) is 6.46. The second-order valence-corrected chi connectivity index (χ2v) is 10.1. The normalized spacial score (nSPS) is 15.1. The lowest BCUT2D eigenvalue weighted by atomic mass is 10.3. The van der Waals surface area contributed by atoms with Gasteiger partial charge >= 0.3 is 6.18 Å². The number of phenolic OH excluding ortho intramolecular Hbond substituents is 1. The Morgan fingerprint density at radius 1 is 1.29 bits per heavy atom. The van der Waals surface area contributed by atoms with Crippen molar-refractivity contribution in [2.45, 2.75) is 35.7 Å². The molecular formula is C17H19F3N5O4PS. The molecule has 0 spiro atoms. The van der Waals surface area contributed by atoms with Gasteiger partial charge in [0.2, 0.25) is 13.3 Å². The smallest absolute Gasteiger partial charge is 0.398 e. The highest BCUT2D eigenvalue weighted by atomic mass is 32.2. The molecule has 0 amide bonds. The fourth-order valence-electron chi connectivity index (χ4n) is 2.66. The number of rotatable bonds is 8. The SMILES string of the molecule is CC(Cn1cnc2c(Sc3ccc(O)cc3)nc(N)nc21)OCP(=O)(O)CC(F)(F)F. The summed E-state index contributed by atoms with van der Waals surface area (Å²) in [5.74, 6) is 0.117. The predicted octanol–water partition coefficient (Wildman–Crippen LogP) is 3.46. The van der Waals surface area contributed by atoms with Gasteiger partial charge in [-0.25, -0.2) is 9.97 Å². The standard InChI is InChI=1S/C17H19F3N5O4PS/c1-10(29-9-30(27,28)7-17(18,19)20)6-25-8-22-13-14(25)23-16(21)24-15(13)31-12-4-2-11(26)3-5-12/h2-5,8,10,26H,6-7,9H2,1H3,(H,27,28)(H2,21,23,24). The maximum atomic E-state index is 12.4. The first kappa shape index (κ1) is 23.3. The summed E-state index contributed by atoms with van der Waals surface area (Å²) in [7, 11) is -4.50. The molecule has 3 rings (SSSR count). The Bertz CT molecular complexity index is 1110. The van der Waals surface area contributed by atoms with Gasteiger partial charge < -0.3 is 25.0 Å². The molecule has 1 aromatic carbocycles. The average Bonchev–Trinajstić information content (AvgIpc) is 3.03. The van der Waals surface area contributed by atoms with Crippen LogP contribution < -0.4 is 5.73 Å². The molecule has 2 atom stereocenters. The summed E-state index contributed by atoms with van der Waals surface area (Å²) in [5.41, 5.74) is 6.64. The molecule has 2 unspecified atom stereocenters. The Hall–Kier alpha value is -2.34. The molecule has 0 radical (unpaired) electrons. The van der Waals surface area contributed by atoms with E-state index in [1.807, 2.05) is 0 Å². The van der Waals surface area contributed by atoms with Crippen LogP contribution in [0.1, 0.15) is 6.92 Å². The molecule has 4 N–H and O–H groups in total. The highest BCUT2D eigenvalue weighted by Gasteiger charge is 2.38. The van der Waals surface area contributed by atoms with E-state index < -0.39 is 32.2 Å². The van der Waals surface area contributed by atoms with Crippen LogP contribution >= 0.6 is 19.1 Å². The van der Waals surface area contributed by atoms with Gasteiger partial charge in [0.05, 0.1) is 19.0 Å². The molecule has 9 nitrogen and oxygen atoms in total. The molecule has 31 heavy (non-hydrogen) atoms. The van der Waals surface area contributed by atoms with Gasteiger partial charge in [-0.05, 0) is 31.2 Å². The Morgan fingerprint density at radius 3 is 2.61 bits per heavy atom. The number of hydrogen-bond acceptors (Lipinski definition) is 8. The minimum Gasteiger partial charge on any atom is -0.508 e. The van der Waals surface area contributed by atoms with Gasteiger partial charge in [-0.2, -0.15) is 18.2 Å². The zero-order chi connectivity index (χ0) is 22.8. The number of hydrogen-bond donors (Lipinski definition) is 3. The fraction of sp³-hybridized carbons (Fsp3) is 0.353. The molecule has 0 aliphatic rings. The third-order valence-electron chi connectivity index (χ3n) is 3.94. The summed E-state index contributed by atoms with van der Waals surface area (Å²) in [6.07, 6.45) is -6.72. The maximum Gasteiger partial charge on any atom is 0.398 e. The maximum absolute atomic E-state index is 12.4. The second-order valence-electron chi connectivity index (χ2n) is 6.78. The van der Waals surface area contributed by atoms with Crippen LogP contribution in [0.15, 0.2) is 40.5 Å². The summed E-state index contributed by atoms with van der Waals surface area (Å²) in [5, 5.41) is 9.88. The quantitative estimate of drug-likeness (QED) is 0.329. The molecule has 0 bridgehead atoms. The van der Waals surface area contributed by atoms with E-state index in [0.29, 0.717) is 16.2 Å². The molecule has 0 aliphatic heterocycles. The van der Waals surface area contributed by atoms with Crippen LogP contribution in [0.2, 0.25) is 0 Å². The number of halogens is 3. The van der Waals surface area contributed by atoms with Crippen LogP contribution in [0.4, 0.5) is 19.1 Å². The third-order valence-corrected chi connectivity index (χ3v) is 6.33. The van der Waals surface area contributed by atoms with E-state index in [1.165, 1.54) is 30.2 Å². The zero-order valence-corrected chi connectivity index (χ0v) is 17.9. The Kier molecular flexibility index (Phi) is 6.79. The van der Waals surface area contributed by atoms with E-state index in [9.17, 15) is 27.7 Å². The van der Waals surface area contributed by atoms with Crippen molar-refractivity contribution in [1.82, 2.24) is 19.5 Å². The lowest BCUT2D eigenvalue weighted by molar-refractivity contribution is -0.108. The minimum absolute atomic E-state index is 0.00543. The number of phenols is 1. The number of anilines is 1. The van der Waals surface area contributed by atoms with E-state index in [4.69, 9.17) is 10.5 Å². The van der Waals surface area contributed by atoms with Gasteiger partial charge in [0.15, 0.2) is 5.65 Å².